The lowest BCUT2D eigenvalue weighted by atomic mass is 9.98. The lowest BCUT2D eigenvalue weighted by molar-refractivity contribution is 0.0467. The zero-order valence-corrected chi connectivity index (χ0v) is 15.5. The predicted octanol–water partition coefficient (Wildman–Crippen LogP) is 5.46. The molecule has 0 aliphatic rings. The first-order valence-corrected chi connectivity index (χ1v) is 9.04. The molecule has 3 aromatic rings. The van der Waals surface area contributed by atoms with E-state index in [1.165, 1.54) is 0 Å². The molecule has 0 amide bonds. The zero-order valence-electron chi connectivity index (χ0n) is 14.7. The fourth-order valence-corrected chi connectivity index (χ4v) is 3.47. The third-order valence-corrected chi connectivity index (χ3v) is 5.24. The van der Waals surface area contributed by atoms with Crippen molar-refractivity contribution < 1.29 is 9.53 Å². The van der Waals surface area contributed by atoms with Gasteiger partial charge in [0.25, 0.3) is 0 Å². The second kappa shape index (κ2) is 7.19. The quantitative estimate of drug-likeness (QED) is 0.586. The average molecular weight is 351 g/mol. The van der Waals surface area contributed by atoms with Crippen LogP contribution in [0, 0.1) is 0 Å². The van der Waals surface area contributed by atoms with Gasteiger partial charge in [-0.3, -0.25) is 0 Å². The van der Waals surface area contributed by atoms with Crippen LogP contribution in [0.15, 0.2) is 60.7 Å². The molecule has 25 heavy (non-hydrogen) atoms. The van der Waals surface area contributed by atoms with Crippen LogP contribution in [-0.2, 0) is 16.8 Å². The van der Waals surface area contributed by atoms with Crippen LogP contribution in [-0.4, -0.2) is 11.0 Å². The molecule has 1 aromatic heterocycles. The van der Waals surface area contributed by atoms with Crippen LogP contribution in [0.25, 0.3) is 10.4 Å². The van der Waals surface area contributed by atoms with Crippen LogP contribution in [0.1, 0.15) is 41.8 Å². The van der Waals surface area contributed by atoms with Gasteiger partial charge in [-0.25, -0.2) is 9.78 Å². The van der Waals surface area contributed by atoms with Gasteiger partial charge in [0, 0.05) is 5.41 Å². The summed E-state index contributed by atoms with van der Waals surface area (Å²) in [6, 6.07) is 19.5. The molecular formula is C21H21NO2S. The second-order valence-electron chi connectivity index (χ2n) is 6.87. The molecule has 1 heterocycles. The van der Waals surface area contributed by atoms with Crippen molar-refractivity contribution >= 4 is 17.3 Å². The maximum atomic E-state index is 12.7. The Morgan fingerprint density at radius 3 is 2.20 bits per heavy atom. The molecule has 0 radical (unpaired) electrons. The Hall–Kier alpha value is -2.46. The second-order valence-corrected chi connectivity index (χ2v) is 7.87. The summed E-state index contributed by atoms with van der Waals surface area (Å²) in [5.41, 5.74) is 2.23. The van der Waals surface area contributed by atoms with Gasteiger partial charge in [-0.05, 0) is 11.1 Å². The lowest BCUT2D eigenvalue weighted by Crippen LogP contribution is -2.12. The number of benzene rings is 2. The molecule has 0 N–H and O–H groups in total. The summed E-state index contributed by atoms with van der Waals surface area (Å²) in [6.45, 7) is 6.54. The van der Waals surface area contributed by atoms with Crippen molar-refractivity contribution in [3.05, 3.63) is 76.9 Å². The summed E-state index contributed by atoms with van der Waals surface area (Å²) in [6.07, 6.45) is 0. The Labute approximate surface area is 152 Å². The van der Waals surface area contributed by atoms with Crippen molar-refractivity contribution in [3.63, 3.8) is 0 Å². The number of esters is 1. The molecule has 0 spiro atoms. The van der Waals surface area contributed by atoms with Crippen molar-refractivity contribution in [1.82, 2.24) is 4.98 Å². The van der Waals surface area contributed by atoms with Crippen molar-refractivity contribution in [1.29, 1.82) is 0 Å². The summed E-state index contributed by atoms with van der Waals surface area (Å²) in [4.78, 5) is 18.2. The minimum Gasteiger partial charge on any atom is -0.456 e. The molecule has 128 valence electrons. The number of hydrogen-bond acceptors (Lipinski definition) is 4. The van der Waals surface area contributed by atoms with Gasteiger partial charge in [0.05, 0.1) is 9.88 Å². The zero-order chi connectivity index (χ0) is 17.9. The van der Waals surface area contributed by atoms with E-state index in [4.69, 9.17) is 4.74 Å². The van der Waals surface area contributed by atoms with Crippen LogP contribution >= 0.6 is 11.3 Å². The van der Waals surface area contributed by atoms with Gasteiger partial charge < -0.3 is 4.74 Å². The van der Waals surface area contributed by atoms with Crippen LogP contribution in [0.4, 0.5) is 0 Å². The maximum Gasteiger partial charge on any atom is 0.358 e. The number of thiazole rings is 1. The maximum absolute atomic E-state index is 12.7. The summed E-state index contributed by atoms with van der Waals surface area (Å²) < 4.78 is 5.51. The van der Waals surface area contributed by atoms with E-state index in [9.17, 15) is 4.79 Å². The molecular weight excluding hydrogens is 330 g/mol. The molecule has 3 rings (SSSR count). The van der Waals surface area contributed by atoms with Crippen LogP contribution in [0.2, 0.25) is 0 Å². The van der Waals surface area contributed by atoms with Crippen molar-refractivity contribution in [2.24, 2.45) is 0 Å². The van der Waals surface area contributed by atoms with E-state index in [0.29, 0.717) is 5.69 Å². The molecule has 0 saturated carbocycles. The third kappa shape index (κ3) is 4.15. The Bertz CT molecular complexity index is 849. The Kier molecular flexibility index (Phi) is 5.00. The van der Waals surface area contributed by atoms with E-state index in [2.05, 4.69) is 25.8 Å². The highest BCUT2D eigenvalue weighted by atomic mass is 32.1. The highest BCUT2D eigenvalue weighted by Crippen LogP contribution is 2.36. The fraction of sp³-hybridized carbons (Fsp3) is 0.238. The SMILES string of the molecule is CC(C)(C)c1nc(C(=O)OCc2ccccc2)c(-c2ccccc2)s1. The van der Waals surface area contributed by atoms with Gasteiger partial charge in [0.1, 0.15) is 6.61 Å². The van der Waals surface area contributed by atoms with E-state index in [1.807, 2.05) is 60.7 Å². The molecule has 3 nitrogen and oxygen atoms in total. The summed E-state index contributed by atoms with van der Waals surface area (Å²) in [5.74, 6) is -0.380. The molecule has 4 heteroatoms. The van der Waals surface area contributed by atoms with E-state index in [1.54, 1.807) is 11.3 Å². The molecule has 0 fully saturated rings. The first-order valence-electron chi connectivity index (χ1n) is 8.23. The first kappa shape index (κ1) is 17.4. The molecule has 0 bridgehead atoms. The molecule has 2 aromatic carbocycles. The highest BCUT2D eigenvalue weighted by molar-refractivity contribution is 7.15. The summed E-state index contributed by atoms with van der Waals surface area (Å²) in [5, 5.41) is 0.929. The monoisotopic (exact) mass is 351 g/mol. The van der Waals surface area contributed by atoms with Gasteiger partial charge >= 0.3 is 5.97 Å². The largest absolute Gasteiger partial charge is 0.456 e. The number of aromatic nitrogens is 1. The summed E-state index contributed by atoms with van der Waals surface area (Å²) >= 11 is 1.56. The van der Waals surface area contributed by atoms with Crippen LogP contribution in [0.3, 0.4) is 0 Å². The van der Waals surface area contributed by atoms with Gasteiger partial charge in [-0.1, -0.05) is 81.4 Å². The van der Waals surface area contributed by atoms with E-state index in [0.717, 1.165) is 21.0 Å². The first-order chi connectivity index (χ1) is 11.9. The van der Waals surface area contributed by atoms with Gasteiger partial charge in [0.15, 0.2) is 5.69 Å². The number of nitrogens with zero attached hydrogens (tertiary/aromatic N) is 1. The van der Waals surface area contributed by atoms with Gasteiger partial charge in [-0.2, -0.15) is 0 Å². The number of carbonyl (C=O) groups excluding carboxylic acids is 1. The van der Waals surface area contributed by atoms with E-state index >= 15 is 0 Å². The number of carbonyl (C=O) groups is 1. The minimum absolute atomic E-state index is 0.119. The molecule has 0 aliphatic heterocycles. The molecule has 0 saturated heterocycles. The van der Waals surface area contributed by atoms with Crippen LogP contribution < -0.4 is 0 Å². The smallest absolute Gasteiger partial charge is 0.358 e. The fourth-order valence-electron chi connectivity index (χ4n) is 2.36. The Morgan fingerprint density at radius 1 is 1.00 bits per heavy atom. The molecule has 0 unspecified atom stereocenters. The van der Waals surface area contributed by atoms with E-state index in [-0.39, 0.29) is 18.0 Å². The van der Waals surface area contributed by atoms with Gasteiger partial charge in [-0.15, -0.1) is 11.3 Å². The average Bonchev–Trinajstić information content (AvgIpc) is 3.07. The standard InChI is InChI=1S/C21H21NO2S/c1-21(2,3)20-22-17(18(25-20)16-12-8-5-9-13-16)19(23)24-14-15-10-6-4-7-11-15/h4-13H,14H2,1-3H3. The highest BCUT2D eigenvalue weighted by Gasteiger charge is 2.26. The van der Waals surface area contributed by atoms with Crippen molar-refractivity contribution in [3.8, 4) is 10.4 Å². The Balaban J connectivity index is 1.91. The predicted molar refractivity (Wildman–Crippen MR) is 102 cm³/mol. The lowest BCUT2D eigenvalue weighted by Gasteiger charge is -2.13. The normalized spacial score (nSPS) is 11.3. The topological polar surface area (TPSA) is 39.2 Å². The number of ether oxygens (including phenoxy) is 1. The van der Waals surface area contributed by atoms with Crippen molar-refractivity contribution in [2.75, 3.05) is 0 Å². The third-order valence-electron chi connectivity index (χ3n) is 3.71. The minimum atomic E-state index is -0.380. The number of hydrogen-bond donors (Lipinski definition) is 0. The summed E-state index contributed by atoms with van der Waals surface area (Å²) in [7, 11) is 0. The molecule has 0 atom stereocenters. The molecule has 0 aliphatic carbocycles. The van der Waals surface area contributed by atoms with Crippen molar-refractivity contribution in [2.45, 2.75) is 32.8 Å². The Morgan fingerprint density at radius 2 is 1.60 bits per heavy atom. The van der Waals surface area contributed by atoms with Gasteiger partial charge in [0.2, 0.25) is 0 Å². The van der Waals surface area contributed by atoms with Crippen LogP contribution in [0.5, 0.6) is 0 Å². The number of rotatable bonds is 4. The van der Waals surface area contributed by atoms with E-state index < -0.39 is 0 Å².